The molecule has 0 bridgehead atoms. The quantitative estimate of drug-likeness (QED) is 0.378. The third-order valence-corrected chi connectivity index (χ3v) is 4.23. The van der Waals surface area contributed by atoms with Crippen LogP contribution < -0.4 is 4.28 Å². The summed E-state index contributed by atoms with van der Waals surface area (Å²) >= 11 is 0. The number of rotatable bonds is 4. The highest BCUT2D eigenvalue weighted by Gasteiger charge is 2.27. The summed E-state index contributed by atoms with van der Waals surface area (Å²) in [7, 11) is -4.34. The first-order chi connectivity index (χ1) is 13.0. The lowest BCUT2D eigenvalue weighted by atomic mass is 10.3. The Labute approximate surface area is 150 Å². The lowest BCUT2D eigenvalue weighted by molar-refractivity contribution is -0.387. The summed E-state index contributed by atoms with van der Waals surface area (Å²) in [6.45, 7) is 0. The van der Waals surface area contributed by atoms with Crippen molar-refractivity contribution in [1.82, 2.24) is 35.6 Å². The zero-order valence-electron chi connectivity index (χ0n) is 13.3. The molecular formula is C13H10N8O5S. The lowest BCUT2D eigenvalue weighted by Crippen LogP contribution is -2.21. The summed E-state index contributed by atoms with van der Waals surface area (Å²) in [5, 5.41) is 27.4. The maximum absolute atomic E-state index is 11.8. The van der Waals surface area contributed by atoms with E-state index in [1.807, 2.05) is 12.1 Å². The van der Waals surface area contributed by atoms with Gasteiger partial charge in [0.05, 0.1) is 17.3 Å². The number of nitro groups is 1. The fourth-order valence-electron chi connectivity index (χ4n) is 1.89. The molecule has 13 nitrogen and oxygen atoms in total. The average molecular weight is 390 g/mol. The molecule has 1 aromatic carbocycles. The van der Waals surface area contributed by atoms with Crippen molar-refractivity contribution in [3.8, 4) is 0 Å². The van der Waals surface area contributed by atoms with Crippen LogP contribution in [-0.2, 0) is 10.1 Å². The lowest BCUT2D eigenvalue weighted by Gasteiger charge is -2.04. The van der Waals surface area contributed by atoms with Gasteiger partial charge in [-0.2, -0.15) is 18.7 Å². The van der Waals surface area contributed by atoms with Gasteiger partial charge >= 0.3 is 10.1 Å². The first kappa shape index (κ1) is 17.9. The fraction of sp³-hybridized carbons (Fsp3) is 0. The van der Waals surface area contributed by atoms with E-state index < -0.39 is 25.6 Å². The number of aromatic nitrogens is 7. The number of hydrogen-bond acceptors (Lipinski definition) is 10. The number of aromatic amines is 1. The number of nitro benzene ring substituents is 1. The largest absolute Gasteiger partial charge is 0.365 e. The maximum Gasteiger partial charge on any atom is 0.365 e. The van der Waals surface area contributed by atoms with Gasteiger partial charge in [-0.1, -0.05) is 17.0 Å². The summed E-state index contributed by atoms with van der Waals surface area (Å²) in [6.07, 6.45) is 4.03. The van der Waals surface area contributed by atoms with Crippen LogP contribution in [0.1, 0.15) is 0 Å². The van der Waals surface area contributed by atoms with Crippen molar-refractivity contribution < 1.29 is 17.6 Å². The highest BCUT2D eigenvalue weighted by atomic mass is 32.2. The van der Waals surface area contributed by atoms with Gasteiger partial charge in [-0.25, -0.2) is 4.98 Å². The molecule has 0 aliphatic rings. The van der Waals surface area contributed by atoms with Crippen LogP contribution in [0.25, 0.3) is 11.2 Å². The van der Waals surface area contributed by atoms with E-state index in [2.05, 4.69) is 35.0 Å². The molecule has 0 radical (unpaired) electrons. The third kappa shape index (κ3) is 4.18. The molecule has 4 aromatic rings. The smallest absolute Gasteiger partial charge is 0.264 e. The molecule has 0 saturated carbocycles. The number of nitrogens with zero attached hydrogens (tertiary/aromatic N) is 7. The molecule has 27 heavy (non-hydrogen) atoms. The van der Waals surface area contributed by atoms with E-state index in [1.165, 1.54) is 18.3 Å². The number of fused-ring (bicyclic) bond motifs is 1. The van der Waals surface area contributed by atoms with Crippen molar-refractivity contribution in [2.24, 2.45) is 0 Å². The monoisotopic (exact) mass is 390 g/mol. The van der Waals surface area contributed by atoms with Crippen molar-refractivity contribution in [1.29, 1.82) is 0 Å². The van der Waals surface area contributed by atoms with E-state index in [0.29, 0.717) is 10.5 Å². The minimum absolute atomic E-state index is 0.550. The Kier molecular flexibility index (Phi) is 4.98. The number of H-pyrrole nitrogens is 1. The molecule has 0 amide bonds. The van der Waals surface area contributed by atoms with Crippen molar-refractivity contribution in [2.45, 2.75) is 4.90 Å². The van der Waals surface area contributed by atoms with E-state index in [1.54, 1.807) is 6.20 Å². The van der Waals surface area contributed by atoms with E-state index in [9.17, 15) is 18.5 Å². The normalized spacial score (nSPS) is 10.8. The van der Waals surface area contributed by atoms with Crippen LogP contribution >= 0.6 is 0 Å². The topological polar surface area (TPSA) is 172 Å². The van der Waals surface area contributed by atoms with Gasteiger partial charge in [-0.3, -0.25) is 14.4 Å². The summed E-state index contributed by atoms with van der Waals surface area (Å²) in [5.74, 6) is 0. The van der Waals surface area contributed by atoms with Crippen LogP contribution in [0.5, 0.6) is 0 Å². The van der Waals surface area contributed by atoms with Gasteiger partial charge in [-0.05, 0) is 23.4 Å². The van der Waals surface area contributed by atoms with Crippen molar-refractivity contribution in [3.05, 3.63) is 65.1 Å². The Morgan fingerprint density at radius 1 is 1.11 bits per heavy atom. The molecule has 0 spiro atoms. The molecule has 0 aliphatic carbocycles. The molecule has 138 valence electrons. The van der Waals surface area contributed by atoms with E-state index >= 15 is 0 Å². The Morgan fingerprint density at radius 3 is 2.63 bits per heavy atom. The molecule has 0 fully saturated rings. The summed E-state index contributed by atoms with van der Waals surface area (Å²) < 4.78 is 28.1. The second kappa shape index (κ2) is 7.52. The van der Waals surface area contributed by atoms with Crippen LogP contribution in [0.2, 0.25) is 0 Å². The van der Waals surface area contributed by atoms with Gasteiger partial charge < -0.3 is 0 Å². The number of benzene rings is 1. The highest BCUT2D eigenvalue weighted by molar-refractivity contribution is 7.87. The summed E-state index contributed by atoms with van der Waals surface area (Å²) in [6, 6.07) is 8.52. The molecule has 4 rings (SSSR count). The van der Waals surface area contributed by atoms with Crippen LogP contribution in [-0.4, -0.2) is 48.9 Å². The van der Waals surface area contributed by atoms with Crippen molar-refractivity contribution >= 4 is 27.0 Å². The minimum Gasteiger partial charge on any atom is -0.264 e. The zero-order valence-corrected chi connectivity index (χ0v) is 14.1. The summed E-state index contributed by atoms with van der Waals surface area (Å²) in [5.41, 5.74) is 0.896. The number of hydrogen-bond donors (Lipinski definition) is 1. The molecule has 14 heteroatoms. The van der Waals surface area contributed by atoms with Gasteiger partial charge in [0.25, 0.3) is 5.69 Å². The molecule has 3 heterocycles. The van der Waals surface area contributed by atoms with Gasteiger partial charge in [0, 0.05) is 12.3 Å². The van der Waals surface area contributed by atoms with E-state index in [0.717, 1.165) is 23.8 Å². The Hall–Kier alpha value is -3.94. The first-order valence-corrected chi connectivity index (χ1v) is 8.54. The second-order valence-electron chi connectivity index (χ2n) is 4.73. The average Bonchev–Trinajstić information content (AvgIpc) is 3.33. The van der Waals surface area contributed by atoms with Gasteiger partial charge in [0.2, 0.25) is 5.65 Å². The van der Waals surface area contributed by atoms with Crippen molar-refractivity contribution in [2.75, 3.05) is 0 Å². The molecule has 0 aliphatic heterocycles. The Morgan fingerprint density at radius 2 is 1.93 bits per heavy atom. The van der Waals surface area contributed by atoms with Crippen LogP contribution in [0.3, 0.4) is 0 Å². The van der Waals surface area contributed by atoms with Gasteiger partial charge in [-0.15, -0.1) is 10.2 Å². The highest BCUT2D eigenvalue weighted by Crippen LogP contribution is 2.23. The molecule has 0 atom stereocenters. The number of para-hydroxylation sites is 1. The van der Waals surface area contributed by atoms with Crippen LogP contribution in [0, 0.1) is 10.1 Å². The van der Waals surface area contributed by atoms with Crippen LogP contribution in [0.15, 0.2) is 59.9 Å². The molecule has 1 N–H and O–H groups in total. The van der Waals surface area contributed by atoms with Gasteiger partial charge in [0.1, 0.15) is 5.52 Å². The standard InChI is InChI=1S/C8H6N4O5S.C5H4N4/c13-12(14)7-3-1-2-4-8(7)18(15,16)17-11-6-5-9-10-11;1-2-4-5(6-3-1)8-9-7-4/h1-6H;1-3H,(H,6,7,8,9). The zero-order chi connectivity index (χ0) is 19.3. The third-order valence-electron chi connectivity index (χ3n) is 3.00. The SMILES string of the molecule is O=[N+]([O-])c1ccccc1S(=O)(=O)On1ccnn1.c1cnc2n[nH]nc2c1. The van der Waals surface area contributed by atoms with E-state index in [4.69, 9.17) is 0 Å². The van der Waals surface area contributed by atoms with Gasteiger partial charge in [0.15, 0.2) is 4.90 Å². The number of pyridine rings is 1. The Balaban J connectivity index is 0.000000193. The van der Waals surface area contributed by atoms with E-state index in [-0.39, 0.29) is 0 Å². The molecule has 0 saturated heterocycles. The predicted molar refractivity (Wildman–Crippen MR) is 88.6 cm³/mol. The molecular weight excluding hydrogens is 380 g/mol. The predicted octanol–water partition coefficient (Wildman–Crippen LogP) is 0.357. The molecule has 0 unspecified atom stereocenters. The maximum atomic E-state index is 11.8. The Bertz CT molecular complexity index is 1130. The number of nitrogens with one attached hydrogen (secondary N) is 1. The summed E-state index contributed by atoms with van der Waals surface area (Å²) in [4.78, 5) is 13.9. The second-order valence-corrected chi connectivity index (χ2v) is 6.23. The minimum atomic E-state index is -4.34. The van der Waals surface area contributed by atoms with Crippen molar-refractivity contribution in [3.63, 3.8) is 0 Å². The van der Waals surface area contributed by atoms with Crippen LogP contribution in [0.4, 0.5) is 5.69 Å². The first-order valence-electron chi connectivity index (χ1n) is 7.13. The molecule has 3 aromatic heterocycles. The fourth-order valence-corrected chi connectivity index (χ4v) is 2.89.